The number of rotatable bonds is 5. The molecular weight excluding hydrogens is 314 g/mol. The van der Waals surface area contributed by atoms with Crippen molar-refractivity contribution in [1.29, 1.82) is 0 Å². The molecule has 0 spiro atoms. The fraction of sp³-hybridized carbons (Fsp3) is 0.294. The molecule has 0 amide bonds. The Labute approximate surface area is 129 Å². The van der Waals surface area contributed by atoms with Gasteiger partial charge in [-0.25, -0.2) is 0 Å². The highest BCUT2D eigenvalue weighted by molar-refractivity contribution is 9.10. The molecule has 2 rings (SSSR count). The van der Waals surface area contributed by atoms with E-state index in [9.17, 15) is 5.11 Å². The van der Waals surface area contributed by atoms with E-state index in [2.05, 4.69) is 46.4 Å². The number of benzene rings is 2. The van der Waals surface area contributed by atoms with E-state index in [0.29, 0.717) is 0 Å². The van der Waals surface area contributed by atoms with Gasteiger partial charge in [0.2, 0.25) is 0 Å². The lowest BCUT2D eigenvalue weighted by atomic mass is 9.92. The minimum atomic E-state index is -0.428. The van der Waals surface area contributed by atoms with E-state index in [0.717, 1.165) is 16.6 Å². The molecule has 0 aliphatic carbocycles. The van der Waals surface area contributed by atoms with E-state index in [-0.39, 0.29) is 6.61 Å². The number of halogens is 1. The minimum absolute atomic E-state index is 0.0620. The molecule has 2 aromatic rings. The van der Waals surface area contributed by atoms with E-state index in [1.165, 1.54) is 11.1 Å². The Kier molecular flexibility index (Phi) is 4.97. The van der Waals surface area contributed by atoms with Gasteiger partial charge in [0.05, 0.1) is 12.1 Å². The molecule has 106 valence electrons. The molecule has 0 aromatic heterocycles. The van der Waals surface area contributed by atoms with Gasteiger partial charge in [-0.3, -0.25) is 0 Å². The van der Waals surface area contributed by atoms with Crippen LogP contribution >= 0.6 is 15.9 Å². The second-order valence-corrected chi connectivity index (χ2v) is 6.15. The summed E-state index contributed by atoms with van der Waals surface area (Å²) in [6.45, 7) is 4.89. The van der Waals surface area contributed by atoms with Crippen LogP contribution in [0.4, 0.5) is 0 Å². The highest BCUT2D eigenvalue weighted by Gasteiger charge is 2.24. The Morgan fingerprint density at radius 3 is 2.45 bits per heavy atom. The fourth-order valence-corrected chi connectivity index (χ4v) is 2.42. The van der Waals surface area contributed by atoms with Gasteiger partial charge in [0, 0.05) is 11.0 Å². The largest absolute Gasteiger partial charge is 0.394 e. The summed E-state index contributed by atoms with van der Waals surface area (Å²) in [5.74, 6) is 0. The Morgan fingerprint density at radius 2 is 1.85 bits per heavy atom. The maximum absolute atomic E-state index is 9.75. The van der Waals surface area contributed by atoms with Crippen molar-refractivity contribution in [2.24, 2.45) is 0 Å². The standard InChI is InChI=1S/C17H20BrNO/c1-13-10-14(8-9-16(13)18)11-19-17(2,12-20)15-6-4-3-5-7-15/h3-10,19-20H,11-12H2,1-2H3. The molecule has 0 bridgehead atoms. The number of hydrogen-bond donors (Lipinski definition) is 2. The first-order valence-corrected chi connectivity index (χ1v) is 7.51. The second kappa shape index (κ2) is 6.53. The van der Waals surface area contributed by atoms with Crippen LogP contribution in [0.5, 0.6) is 0 Å². The van der Waals surface area contributed by atoms with Crippen molar-refractivity contribution in [3.63, 3.8) is 0 Å². The van der Waals surface area contributed by atoms with Gasteiger partial charge in [0.1, 0.15) is 0 Å². The summed E-state index contributed by atoms with van der Waals surface area (Å²) in [5.41, 5.74) is 3.09. The predicted molar refractivity (Wildman–Crippen MR) is 86.6 cm³/mol. The lowest BCUT2D eigenvalue weighted by Gasteiger charge is -2.29. The van der Waals surface area contributed by atoms with Crippen molar-refractivity contribution < 1.29 is 5.11 Å². The average Bonchev–Trinajstić information content (AvgIpc) is 2.49. The molecule has 2 nitrogen and oxygen atoms in total. The number of aliphatic hydroxyl groups excluding tert-OH is 1. The third-order valence-electron chi connectivity index (χ3n) is 3.63. The minimum Gasteiger partial charge on any atom is -0.394 e. The molecule has 1 unspecified atom stereocenters. The van der Waals surface area contributed by atoms with Crippen LogP contribution in [0.2, 0.25) is 0 Å². The normalized spacial score (nSPS) is 14.0. The van der Waals surface area contributed by atoms with E-state index in [4.69, 9.17) is 0 Å². The van der Waals surface area contributed by atoms with Gasteiger partial charge in [0.25, 0.3) is 0 Å². The number of aryl methyl sites for hydroxylation is 1. The average molecular weight is 334 g/mol. The summed E-state index contributed by atoms with van der Waals surface area (Å²) in [6.07, 6.45) is 0. The summed E-state index contributed by atoms with van der Waals surface area (Å²) >= 11 is 3.51. The van der Waals surface area contributed by atoms with Crippen LogP contribution in [0, 0.1) is 6.92 Å². The molecule has 0 saturated carbocycles. The fourth-order valence-electron chi connectivity index (χ4n) is 2.17. The molecule has 0 aliphatic heterocycles. The zero-order chi connectivity index (χ0) is 14.6. The molecule has 0 fully saturated rings. The summed E-state index contributed by atoms with van der Waals surface area (Å²) in [6, 6.07) is 16.4. The molecule has 0 radical (unpaired) electrons. The van der Waals surface area contributed by atoms with E-state index in [1.54, 1.807) is 0 Å². The van der Waals surface area contributed by atoms with Gasteiger partial charge in [-0.1, -0.05) is 58.4 Å². The quantitative estimate of drug-likeness (QED) is 0.873. The smallest absolute Gasteiger partial charge is 0.0652 e. The van der Waals surface area contributed by atoms with Crippen LogP contribution in [-0.2, 0) is 12.1 Å². The van der Waals surface area contributed by atoms with Crippen molar-refractivity contribution in [3.05, 3.63) is 69.7 Å². The van der Waals surface area contributed by atoms with Crippen LogP contribution < -0.4 is 5.32 Å². The topological polar surface area (TPSA) is 32.3 Å². The van der Waals surface area contributed by atoms with Crippen LogP contribution in [0.25, 0.3) is 0 Å². The molecule has 0 aliphatic rings. The lowest BCUT2D eigenvalue weighted by Crippen LogP contribution is -2.42. The van der Waals surface area contributed by atoms with Gasteiger partial charge < -0.3 is 10.4 Å². The molecule has 2 N–H and O–H groups in total. The summed E-state index contributed by atoms with van der Waals surface area (Å²) < 4.78 is 1.12. The van der Waals surface area contributed by atoms with E-state index < -0.39 is 5.54 Å². The first-order valence-electron chi connectivity index (χ1n) is 6.71. The Balaban J connectivity index is 2.13. The van der Waals surface area contributed by atoms with Crippen LogP contribution in [0.1, 0.15) is 23.6 Å². The van der Waals surface area contributed by atoms with Crippen molar-refractivity contribution in [2.75, 3.05) is 6.61 Å². The zero-order valence-electron chi connectivity index (χ0n) is 11.9. The zero-order valence-corrected chi connectivity index (χ0v) is 13.4. The first-order chi connectivity index (χ1) is 9.55. The third kappa shape index (κ3) is 3.48. The monoisotopic (exact) mass is 333 g/mol. The summed E-state index contributed by atoms with van der Waals surface area (Å²) in [4.78, 5) is 0. The maximum Gasteiger partial charge on any atom is 0.0652 e. The lowest BCUT2D eigenvalue weighted by molar-refractivity contribution is 0.173. The highest BCUT2D eigenvalue weighted by Crippen LogP contribution is 2.22. The molecule has 2 aromatic carbocycles. The van der Waals surface area contributed by atoms with Crippen molar-refractivity contribution in [2.45, 2.75) is 25.9 Å². The van der Waals surface area contributed by atoms with Gasteiger partial charge in [0.15, 0.2) is 0 Å². The van der Waals surface area contributed by atoms with Gasteiger partial charge in [-0.05, 0) is 36.6 Å². The van der Waals surface area contributed by atoms with Crippen LogP contribution in [0.3, 0.4) is 0 Å². The molecular formula is C17H20BrNO. The molecule has 0 saturated heterocycles. The predicted octanol–water partition coefficient (Wildman–Crippen LogP) is 3.75. The molecule has 20 heavy (non-hydrogen) atoms. The Morgan fingerprint density at radius 1 is 1.15 bits per heavy atom. The summed E-state index contributed by atoms with van der Waals surface area (Å²) in [7, 11) is 0. The third-order valence-corrected chi connectivity index (χ3v) is 4.52. The highest BCUT2D eigenvalue weighted by atomic mass is 79.9. The van der Waals surface area contributed by atoms with Crippen molar-refractivity contribution in [1.82, 2.24) is 5.32 Å². The maximum atomic E-state index is 9.75. The van der Waals surface area contributed by atoms with E-state index in [1.807, 2.05) is 37.3 Å². The molecule has 1 atom stereocenters. The van der Waals surface area contributed by atoms with Crippen LogP contribution in [-0.4, -0.2) is 11.7 Å². The van der Waals surface area contributed by atoms with Crippen LogP contribution in [0.15, 0.2) is 53.0 Å². The Bertz CT molecular complexity index is 570. The SMILES string of the molecule is Cc1cc(CNC(C)(CO)c2ccccc2)ccc1Br. The molecule has 3 heteroatoms. The number of aliphatic hydroxyl groups is 1. The molecule has 0 heterocycles. The summed E-state index contributed by atoms with van der Waals surface area (Å²) in [5, 5.41) is 13.2. The van der Waals surface area contributed by atoms with Gasteiger partial charge in [-0.2, -0.15) is 0 Å². The number of hydrogen-bond acceptors (Lipinski definition) is 2. The van der Waals surface area contributed by atoms with Crippen molar-refractivity contribution in [3.8, 4) is 0 Å². The second-order valence-electron chi connectivity index (χ2n) is 5.29. The number of nitrogens with one attached hydrogen (secondary N) is 1. The first kappa shape index (κ1) is 15.2. The van der Waals surface area contributed by atoms with Gasteiger partial charge in [-0.15, -0.1) is 0 Å². The Hall–Kier alpha value is -1.16. The van der Waals surface area contributed by atoms with E-state index >= 15 is 0 Å². The van der Waals surface area contributed by atoms with Crippen molar-refractivity contribution >= 4 is 15.9 Å². The van der Waals surface area contributed by atoms with Gasteiger partial charge >= 0.3 is 0 Å².